The fraction of sp³-hybridized carbons (Fsp3) is 0.864. The first-order valence-corrected chi connectivity index (χ1v) is 12.1. The van der Waals surface area contributed by atoms with Crippen LogP contribution >= 0.6 is 0 Å². The van der Waals surface area contributed by atoms with E-state index >= 15 is 0 Å². The smallest absolute Gasteiger partial charge is 0.139 e. The maximum Gasteiger partial charge on any atom is 0.139 e. The molecule has 146 valence electrons. The molecule has 3 saturated carbocycles. The highest BCUT2D eigenvalue weighted by Gasteiger charge is 2.58. The molecule has 4 aliphatic carbocycles. The molecule has 4 aliphatic rings. The first-order chi connectivity index (χ1) is 12.4. The molecule has 7 atom stereocenters. The van der Waals surface area contributed by atoms with Crippen LogP contribution in [0.3, 0.4) is 0 Å². The zero-order valence-corrected chi connectivity index (χ0v) is 17.3. The summed E-state index contributed by atoms with van der Waals surface area (Å²) in [7, 11) is -0.766. The number of rotatable bonds is 4. The van der Waals surface area contributed by atoms with Crippen LogP contribution < -0.4 is 5.73 Å². The van der Waals surface area contributed by atoms with Crippen molar-refractivity contribution in [2.45, 2.75) is 76.9 Å². The van der Waals surface area contributed by atoms with E-state index in [-0.39, 0.29) is 16.1 Å². The maximum absolute atomic E-state index is 12.6. The Morgan fingerprint density at radius 2 is 1.81 bits per heavy atom. The molecule has 4 rings (SSSR count). The summed E-state index contributed by atoms with van der Waals surface area (Å²) in [4.78, 5) is 12.5. The number of hydrogen-bond acceptors (Lipinski definition) is 3. The lowest BCUT2D eigenvalue weighted by molar-refractivity contribution is -0.132. The average molecular weight is 378 g/mol. The predicted octanol–water partition coefficient (Wildman–Crippen LogP) is 3.98. The number of carbonyl (C=O) groups is 1. The first kappa shape index (κ1) is 18.9. The van der Waals surface area contributed by atoms with E-state index < -0.39 is 10.8 Å². The third kappa shape index (κ3) is 2.78. The maximum atomic E-state index is 12.6. The van der Waals surface area contributed by atoms with Crippen LogP contribution in [0, 0.1) is 28.6 Å². The van der Waals surface area contributed by atoms with Gasteiger partial charge in [0.25, 0.3) is 0 Å². The zero-order chi connectivity index (χ0) is 18.5. The molecule has 4 unspecified atom stereocenters. The largest absolute Gasteiger partial charge is 0.330 e. The molecular weight excluding hydrogens is 342 g/mol. The number of allylic oxidation sites excluding steroid dienone is 1. The van der Waals surface area contributed by atoms with Crippen LogP contribution in [0.15, 0.2) is 11.6 Å². The third-order valence-electron chi connectivity index (χ3n) is 8.67. The van der Waals surface area contributed by atoms with Gasteiger partial charge in [-0.3, -0.25) is 9.00 Å². The minimum absolute atomic E-state index is 0.0281. The van der Waals surface area contributed by atoms with Gasteiger partial charge in [-0.15, -0.1) is 0 Å². The van der Waals surface area contributed by atoms with Gasteiger partial charge in [0.1, 0.15) is 5.78 Å². The van der Waals surface area contributed by atoms with Crippen molar-refractivity contribution in [3.63, 3.8) is 0 Å². The summed E-state index contributed by atoms with van der Waals surface area (Å²) in [5.41, 5.74) is 7.44. The molecule has 0 aromatic heterocycles. The number of fused-ring (bicyclic) bond motifs is 5. The molecular formula is C22H35NO2S. The van der Waals surface area contributed by atoms with Crippen molar-refractivity contribution in [3.05, 3.63) is 11.6 Å². The van der Waals surface area contributed by atoms with E-state index in [2.05, 4.69) is 19.9 Å². The molecule has 2 N–H and O–H groups in total. The predicted molar refractivity (Wildman–Crippen MR) is 107 cm³/mol. The van der Waals surface area contributed by atoms with Crippen molar-refractivity contribution in [3.8, 4) is 0 Å². The summed E-state index contributed by atoms with van der Waals surface area (Å²) in [5, 5.41) is 0.239. The molecule has 26 heavy (non-hydrogen) atoms. The lowest BCUT2D eigenvalue weighted by atomic mass is 9.47. The minimum atomic E-state index is -0.766. The molecule has 0 aromatic rings. The van der Waals surface area contributed by atoms with Crippen molar-refractivity contribution in [1.82, 2.24) is 0 Å². The van der Waals surface area contributed by atoms with Crippen LogP contribution in [-0.4, -0.2) is 27.5 Å². The van der Waals surface area contributed by atoms with Gasteiger partial charge in [0.15, 0.2) is 0 Å². The Balaban J connectivity index is 1.56. The van der Waals surface area contributed by atoms with Crippen molar-refractivity contribution >= 4 is 16.6 Å². The second-order valence-corrected chi connectivity index (χ2v) is 11.5. The summed E-state index contributed by atoms with van der Waals surface area (Å²) in [5.74, 6) is 3.34. The lowest BCUT2D eigenvalue weighted by Gasteiger charge is -2.57. The molecule has 0 bridgehead atoms. The highest BCUT2D eigenvalue weighted by Crippen LogP contribution is 2.64. The van der Waals surface area contributed by atoms with Gasteiger partial charge in [0.05, 0.1) is 5.25 Å². The van der Waals surface area contributed by atoms with E-state index in [1.807, 2.05) is 0 Å². The van der Waals surface area contributed by atoms with E-state index in [1.165, 1.54) is 19.3 Å². The van der Waals surface area contributed by atoms with Crippen LogP contribution in [0.4, 0.5) is 0 Å². The molecule has 3 fully saturated rings. The molecule has 4 heteroatoms. The van der Waals surface area contributed by atoms with Gasteiger partial charge < -0.3 is 5.73 Å². The van der Waals surface area contributed by atoms with Gasteiger partial charge >= 0.3 is 0 Å². The van der Waals surface area contributed by atoms with E-state index in [9.17, 15) is 9.00 Å². The number of carbonyl (C=O) groups excluding carboxylic acids is 1. The van der Waals surface area contributed by atoms with Crippen LogP contribution in [0.25, 0.3) is 0 Å². The standard InChI is InChI=1S/C22H35NO2S/c1-21-10-8-16(26(25)13-3-12-23)14-15(21)4-5-17-18-6-7-20(24)22(18,2)11-9-19(17)21/h14,16-19H,3-13,23H2,1-2H3/t16-,17?,18?,19?,21+,22+,26?/m1/s1. The Kier molecular flexibility index (Phi) is 4.97. The highest BCUT2D eigenvalue weighted by molar-refractivity contribution is 7.85. The van der Waals surface area contributed by atoms with E-state index in [1.54, 1.807) is 5.57 Å². The quantitative estimate of drug-likeness (QED) is 0.754. The van der Waals surface area contributed by atoms with E-state index in [4.69, 9.17) is 5.73 Å². The van der Waals surface area contributed by atoms with E-state index in [0.717, 1.165) is 56.1 Å². The molecule has 0 saturated heterocycles. The second kappa shape index (κ2) is 6.84. The van der Waals surface area contributed by atoms with Crippen LogP contribution in [0.1, 0.15) is 71.6 Å². The number of ketones is 1. The zero-order valence-electron chi connectivity index (χ0n) is 16.5. The van der Waals surface area contributed by atoms with Crippen molar-refractivity contribution in [2.75, 3.05) is 12.3 Å². The summed E-state index contributed by atoms with van der Waals surface area (Å²) < 4.78 is 12.6. The highest BCUT2D eigenvalue weighted by atomic mass is 32.2. The summed E-state index contributed by atoms with van der Waals surface area (Å²) >= 11 is 0. The van der Waals surface area contributed by atoms with Gasteiger partial charge in [0.2, 0.25) is 0 Å². The van der Waals surface area contributed by atoms with Crippen LogP contribution in [0.5, 0.6) is 0 Å². The molecule has 0 aliphatic heterocycles. The van der Waals surface area contributed by atoms with Gasteiger partial charge in [0, 0.05) is 28.4 Å². The monoisotopic (exact) mass is 377 g/mol. The van der Waals surface area contributed by atoms with Crippen LogP contribution in [0.2, 0.25) is 0 Å². The van der Waals surface area contributed by atoms with Crippen molar-refractivity contribution in [2.24, 2.45) is 34.3 Å². The van der Waals surface area contributed by atoms with Gasteiger partial charge in [-0.2, -0.15) is 0 Å². The average Bonchev–Trinajstić information content (AvgIpc) is 2.94. The van der Waals surface area contributed by atoms with Crippen molar-refractivity contribution in [1.29, 1.82) is 0 Å². The molecule has 3 nitrogen and oxygen atoms in total. The van der Waals surface area contributed by atoms with Crippen LogP contribution in [-0.2, 0) is 15.6 Å². The number of hydrogen-bond donors (Lipinski definition) is 1. The third-order valence-corrected chi connectivity index (χ3v) is 10.4. The minimum Gasteiger partial charge on any atom is -0.330 e. The lowest BCUT2D eigenvalue weighted by Crippen LogP contribution is -2.51. The Morgan fingerprint density at radius 3 is 2.58 bits per heavy atom. The SMILES string of the molecule is C[C@]12CC[C@@H](S(=O)CCCN)C=C1CCC1C2CC[C@]2(C)C(=O)CCC12. The topological polar surface area (TPSA) is 60.2 Å². The molecule has 0 aromatic carbocycles. The van der Waals surface area contributed by atoms with E-state index in [0.29, 0.717) is 18.2 Å². The first-order valence-electron chi connectivity index (χ1n) is 10.7. The Hall–Kier alpha value is -0.480. The Labute approximate surface area is 161 Å². The number of Topliss-reactive ketones (excluding diaryl/α,β-unsaturated/α-hetero) is 1. The normalized spacial score (nSPS) is 46.1. The number of nitrogens with two attached hydrogens (primary N) is 1. The summed E-state index contributed by atoms with van der Waals surface area (Å²) in [6, 6.07) is 0. The summed E-state index contributed by atoms with van der Waals surface area (Å²) in [6.45, 7) is 5.37. The molecule has 0 radical (unpaired) electrons. The fourth-order valence-corrected chi connectivity index (χ4v) is 8.50. The fourth-order valence-electron chi connectivity index (χ4n) is 7.05. The molecule has 0 spiro atoms. The Morgan fingerprint density at radius 1 is 1.08 bits per heavy atom. The van der Waals surface area contributed by atoms with Gasteiger partial charge in [-0.25, -0.2) is 0 Å². The van der Waals surface area contributed by atoms with Gasteiger partial charge in [-0.05, 0) is 81.1 Å². The van der Waals surface area contributed by atoms with Gasteiger partial charge in [-0.1, -0.05) is 25.5 Å². The summed E-state index contributed by atoms with van der Waals surface area (Å²) in [6.07, 6.45) is 12.1. The van der Waals surface area contributed by atoms with Crippen molar-refractivity contribution < 1.29 is 9.00 Å². The molecule has 0 amide bonds. The Bertz CT molecular complexity index is 644. The molecule has 0 heterocycles. The second-order valence-electron chi connectivity index (χ2n) is 9.75.